The van der Waals surface area contributed by atoms with Gasteiger partial charge in [0.25, 0.3) is 0 Å². The van der Waals surface area contributed by atoms with E-state index in [0.717, 1.165) is 18.2 Å². The van der Waals surface area contributed by atoms with Gasteiger partial charge >= 0.3 is 0 Å². The molecule has 2 N–H and O–H groups in total. The summed E-state index contributed by atoms with van der Waals surface area (Å²) >= 11 is 1.02. The van der Waals surface area contributed by atoms with E-state index < -0.39 is 6.43 Å². The summed E-state index contributed by atoms with van der Waals surface area (Å²) in [6.45, 7) is 3.00. The second kappa shape index (κ2) is 6.02. The molecule has 7 heteroatoms. The van der Waals surface area contributed by atoms with Crippen molar-refractivity contribution in [1.82, 2.24) is 14.8 Å². The quantitative estimate of drug-likeness (QED) is 0.760. The van der Waals surface area contributed by atoms with Crippen LogP contribution in [0.1, 0.15) is 19.2 Å². The van der Waals surface area contributed by atoms with Crippen molar-refractivity contribution in [3.05, 3.63) is 5.82 Å². The van der Waals surface area contributed by atoms with E-state index in [1.165, 1.54) is 0 Å². The largest absolute Gasteiger partial charge is 0.324 e. The van der Waals surface area contributed by atoms with Crippen LogP contribution in [0.3, 0.4) is 0 Å². The molecule has 0 bridgehead atoms. The van der Waals surface area contributed by atoms with Crippen molar-refractivity contribution in [3.63, 3.8) is 0 Å². The molecule has 0 aliphatic rings. The van der Waals surface area contributed by atoms with E-state index in [4.69, 9.17) is 5.73 Å². The van der Waals surface area contributed by atoms with Crippen LogP contribution in [0.15, 0.2) is 5.16 Å². The first-order valence-electron chi connectivity index (χ1n) is 4.72. The van der Waals surface area contributed by atoms with Gasteiger partial charge in [-0.25, -0.2) is 8.78 Å². The third kappa shape index (κ3) is 3.42. The van der Waals surface area contributed by atoms with Gasteiger partial charge in [-0.3, -0.25) is 0 Å². The highest BCUT2D eigenvalue weighted by Crippen LogP contribution is 2.19. The molecule has 86 valence electrons. The molecule has 0 spiro atoms. The first kappa shape index (κ1) is 12.4. The number of aromatic nitrogens is 3. The molecule has 1 aromatic heterocycles. The third-order valence-electron chi connectivity index (χ3n) is 1.76. The van der Waals surface area contributed by atoms with Crippen LogP contribution in [0, 0.1) is 0 Å². The molecule has 0 aliphatic carbocycles. The van der Waals surface area contributed by atoms with Gasteiger partial charge in [0, 0.05) is 6.54 Å². The highest BCUT2D eigenvalue weighted by atomic mass is 32.2. The molecular formula is C8H14F2N4S. The minimum absolute atomic E-state index is 0.258. The van der Waals surface area contributed by atoms with Crippen molar-refractivity contribution < 1.29 is 8.78 Å². The number of rotatable bonds is 6. The van der Waals surface area contributed by atoms with Crippen LogP contribution < -0.4 is 5.73 Å². The summed E-state index contributed by atoms with van der Waals surface area (Å²) in [7, 11) is 0. The Morgan fingerprint density at radius 3 is 2.73 bits per heavy atom. The number of hydrogen-bond acceptors (Lipinski definition) is 4. The third-order valence-corrected chi connectivity index (χ3v) is 2.74. The van der Waals surface area contributed by atoms with Crippen molar-refractivity contribution in [2.75, 3.05) is 5.75 Å². The van der Waals surface area contributed by atoms with E-state index in [1.807, 2.05) is 6.92 Å². The Bertz CT molecular complexity index is 303. The molecule has 0 saturated heterocycles. The minimum atomic E-state index is -2.33. The number of halogens is 2. The molecule has 0 saturated carbocycles. The fourth-order valence-electron chi connectivity index (χ4n) is 1.16. The van der Waals surface area contributed by atoms with E-state index in [2.05, 4.69) is 10.2 Å². The summed E-state index contributed by atoms with van der Waals surface area (Å²) in [6.07, 6.45) is -1.43. The molecule has 0 radical (unpaired) electrons. The van der Waals surface area contributed by atoms with Gasteiger partial charge in [0.15, 0.2) is 5.16 Å². The van der Waals surface area contributed by atoms with E-state index in [-0.39, 0.29) is 12.3 Å². The molecule has 1 aromatic rings. The molecule has 0 aromatic carbocycles. The van der Waals surface area contributed by atoms with Crippen LogP contribution in [0.25, 0.3) is 0 Å². The minimum Gasteiger partial charge on any atom is -0.324 e. The molecule has 15 heavy (non-hydrogen) atoms. The van der Waals surface area contributed by atoms with Crippen molar-refractivity contribution in [2.24, 2.45) is 5.73 Å². The van der Waals surface area contributed by atoms with Gasteiger partial charge in [-0.2, -0.15) is 0 Å². The SMILES string of the molecule is CCCn1c(CN)nnc1SCC(F)F. The molecule has 0 amide bonds. The molecule has 0 aliphatic heterocycles. The van der Waals surface area contributed by atoms with Gasteiger partial charge in [-0.15, -0.1) is 10.2 Å². The van der Waals surface area contributed by atoms with E-state index in [1.54, 1.807) is 4.57 Å². The predicted molar refractivity (Wildman–Crippen MR) is 54.9 cm³/mol. The summed E-state index contributed by atoms with van der Waals surface area (Å²) in [5.41, 5.74) is 5.47. The predicted octanol–water partition coefficient (Wildman–Crippen LogP) is 1.50. The molecule has 0 unspecified atom stereocenters. The lowest BCUT2D eigenvalue weighted by molar-refractivity contribution is 0.176. The lowest BCUT2D eigenvalue weighted by atomic mass is 10.4. The maximum Gasteiger partial charge on any atom is 0.248 e. The zero-order valence-corrected chi connectivity index (χ0v) is 9.31. The summed E-state index contributed by atoms with van der Waals surface area (Å²) in [4.78, 5) is 0. The summed E-state index contributed by atoms with van der Waals surface area (Å²) in [5.74, 6) is 0.389. The van der Waals surface area contributed by atoms with Crippen molar-refractivity contribution in [1.29, 1.82) is 0 Å². The molecule has 1 rings (SSSR count). The smallest absolute Gasteiger partial charge is 0.248 e. The average molecular weight is 236 g/mol. The fraction of sp³-hybridized carbons (Fsp3) is 0.750. The van der Waals surface area contributed by atoms with Gasteiger partial charge in [0.1, 0.15) is 5.82 Å². The van der Waals surface area contributed by atoms with Crippen molar-refractivity contribution in [2.45, 2.75) is 38.0 Å². The van der Waals surface area contributed by atoms with Gasteiger partial charge < -0.3 is 10.3 Å². The van der Waals surface area contributed by atoms with E-state index in [0.29, 0.717) is 17.5 Å². The van der Waals surface area contributed by atoms with E-state index >= 15 is 0 Å². The fourth-order valence-corrected chi connectivity index (χ4v) is 1.89. The normalized spacial score (nSPS) is 11.3. The van der Waals surface area contributed by atoms with Crippen LogP contribution in [-0.4, -0.2) is 26.9 Å². The average Bonchev–Trinajstić information content (AvgIpc) is 2.58. The maximum atomic E-state index is 12.0. The lowest BCUT2D eigenvalue weighted by Crippen LogP contribution is -2.09. The first-order valence-corrected chi connectivity index (χ1v) is 5.70. The second-order valence-corrected chi connectivity index (χ2v) is 3.94. The first-order chi connectivity index (χ1) is 7.19. The highest BCUT2D eigenvalue weighted by molar-refractivity contribution is 7.99. The van der Waals surface area contributed by atoms with Crippen LogP contribution in [0.5, 0.6) is 0 Å². The van der Waals surface area contributed by atoms with Crippen LogP contribution in [-0.2, 0) is 13.1 Å². The second-order valence-electron chi connectivity index (χ2n) is 2.96. The van der Waals surface area contributed by atoms with Gasteiger partial charge in [0.05, 0.1) is 12.3 Å². The number of thioether (sulfide) groups is 1. The molecule has 4 nitrogen and oxygen atoms in total. The summed E-state index contributed by atoms with van der Waals surface area (Å²) in [6, 6.07) is 0. The summed E-state index contributed by atoms with van der Waals surface area (Å²) < 4.78 is 25.8. The van der Waals surface area contributed by atoms with Crippen LogP contribution in [0.2, 0.25) is 0 Å². The Balaban J connectivity index is 2.72. The monoisotopic (exact) mass is 236 g/mol. The van der Waals surface area contributed by atoms with Crippen molar-refractivity contribution >= 4 is 11.8 Å². The van der Waals surface area contributed by atoms with Gasteiger partial charge in [0.2, 0.25) is 6.43 Å². The zero-order valence-electron chi connectivity index (χ0n) is 8.49. The zero-order chi connectivity index (χ0) is 11.3. The molecule has 0 fully saturated rings. The number of nitrogens with zero attached hydrogens (tertiary/aromatic N) is 3. The number of alkyl halides is 2. The molecule has 0 atom stereocenters. The lowest BCUT2D eigenvalue weighted by Gasteiger charge is -2.06. The van der Waals surface area contributed by atoms with Crippen LogP contribution >= 0.6 is 11.8 Å². The Morgan fingerprint density at radius 2 is 2.20 bits per heavy atom. The maximum absolute atomic E-state index is 12.0. The van der Waals surface area contributed by atoms with Gasteiger partial charge in [-0.1, -0.05) is 18.7 Å². The number of hydrogen-bond donors (Lipinski definition) is 1. The standard InChI is InChI=1S/C8H14F2N4S/c1-2-3-14-7(4-11)12-13-8(14)15-5-6(9)10/h6H,2-5,11H2,1H3. The molecule has 1 heterocycles. The Hall–Kier alpha value is -0.690. The summed E-state index contributed by atoms with van der Waals surface area (Å²) in [5, 5.41) is 8.22. The van der Waals surface area contributed by atoms with Crippen molar-refractivity contribution in [3.8, 4) is 0 Å². The molecular weight excluding hydrogens is 222 g/mol. The Morgan fingerprint density at radius 1 is 1.47 bits per heavy atom. The highest BCUT2D eigenvalue weighted by Gasteiger charge is 2.12. The Labute approximate surface area is 91.2 Å². The topological polar surface area (TPSA) is 56.7 Å². The van der Waals surface area contributed by atoms with Gasteiger partial charge in [-0.05, 0) is 6.42 Å². The number of nitrogens with two attached hydrogens (primary N) is 1. The van der Waals surface area contributed by atoms with E-state index in [9.17, 15) is 8.78 Å². The van der Waals surface area contributed by atoms with Crippen LogP contribution in [0.4, 0.5) is 8.78 Å². The Kier molecular flexibility index (Phi) is 4.97.